The van der Waals surface area contributed by atoms with Crippen LogP contribution < -0.4 is 0 Å². The van der Waals surface area contributed by atoms with Crippen LogP contribution in [0.5, 0.6) is 0 Å². The van der Waals surface area contributed by atoms with Crippen LogP contribution in [0.1, 0.15) is 126 Å². The summed E-state index contributed by atoms with van der Waals surface area (Å²) in [5, 5.41) is 95.7. The first-order valence-corrected chi connectivity index (χ1v) is 32.6. The average molecular weight is 1330 g/mol. The summed E-state index contributed by atoms with van der Waals surface area (Å²) in [6, 6.07) is -1.24. The van der Waals surface area contributed by atoms with E-state index in [0.717, 1.165) is 10.5 Å². The molecule has 3 unspecified atom stereocenters. The van der Waals surface area contributed by atoms with Crippen LogP contribution in [0.15, 0.2) is 47.6 Å². The molecule has 528 valence electrons. The largest absolute Gasteiger partial charge is 0.508 e. The number of hydrogen-bond donors (Lipinski definition) is 9. The van der Waals surface area contributed by atoms with Gasteiger partial charge in [0, 0.05) is 58.5 Å². The molecule has 0 aromatic rings. The summed E-state index contributed by atoms with van der Waals surface area (Å²) in [4.78, 5) is 85.7. The third kappa shape index (κ3) is 20.1. The molecule has 93 heavy (non-hydrogen) atoms. The van der Waals surface area contributed by atoms with Gasteiger partial charge in [-0.25, -0.2) is 9.59 Å². The number of hydrogen-bond acceptors (Lipinski definition) is 26. The number of amides is 1. The SMILES string of the molecule is CO[C@H]1C[C@@H]2CC[C@@H](C)[C@@](O)(O2)C(=O)C(=O)N2CCCCC2C(=O)O[C@H]([C@H](C)CC2CC[C@@H](OCCOC(=O)OC[C@@]3(O)O[C@H](COC4O[C@H](CO)[C@@H](O)[C@H](O)[C@H]4O)[C@@H](O)[C@@H]3O)[C@H](OC)C2)CC(=O)[C@H](C)/C=C(\C)[C@@H](O)[C@@H](OC)C(=O)[C@H](C)C[C@H](C)\C=C/C=C/C=C/1C. The second-order valence-corrected chi connectivity index (χ2v) is 26.3. The molecule has 6 aliphatic rings. The zero-order chi connectivity index (χ0) is 68.6. The molecular weight excluding hydrogens is 1220 g/mol. The molecule has 5 heterocycles. The number of rotatable bonds is 16. The zero-order valence-corrected chi connectivity index (χ0v) is 55.3. The van der Waals surface area contributed by atoms with E-state index in [0.29, 0.717) is 63.4 Å². The van der Waals surface area contributed by atoms with Crippen molar-refractivity contribution in [2.75, 3.05) is 60.9 Å². The van der Waals surface area contributed by atoms with E-state index in [9.17, 15) is 74.7 Å². The highest BCUT2D eigenvalue weighted by Crippen LogP contribution is 2.39. The van der Waals surface area contributed by atoms with Crippen molar-refractivity contribution in [1.82, 2.24) is 4.90 Å². The molecule has 1 amide bonds. The number of fused-ring (bicyclic) bond motifs is 3. The third-order valence-corrected chi connectivity index (χ3v) is 19.3. The fourth-order valence-corrected chi connectivity index (χ4v) is 13.3. The molecule has 0 aromatic carbocycles. The van der Waals surface area contributed by atoms with E-state index in [2.05, 4.69) is 0 Å². The number of aliphatic hydroxyl groups excluding tert-OH is 7. The molecule has 0 spiro atoms. The molecule has 1 saturated carbocycles. The highest BCUT2D eigenvalue weighted by Gasteiger charge is 2.56. The van der Waals surface area contributed by atoms with Crippen LogP contribution in [0.4, 0.5) is 4.79 Å². The molecule has 24 atom stereocenters. The zero-order valence-electron chi connectivity index (χ0n) is 55.3. The van der Waals surface area contributed by atoms with Gasteiger partial charge >= 0.3 is 12.1 Å². The number of allylic oxidation sites excluding steroid dienone is 6. The Bertz CT molecular complexity index is 2600. The first-order chi connectivity index (χ1) is 44.0. The summed E-state index contributed by atoms with van der Waals surface area (Å²) in [5.41, 5.74) is 1.16. The molecule has 2 bridgehead atoms. The summed E-state index contributed by atoms with van der Waals surface area (Å²) >= 11 is 0. The smallest absolute Gasteiger partial charge is 0.460 e. The number of cyclic esters (lactones) is 1. The topological polar surface area (TPSA) is 389 Å². The van der Waals surface area contributed by atoms with Crippen LogP contribution in [0.25, 0.3) is 0 Å². The Kier molecular flexibility index (Phi) is 29.7. The van der Waals surface area contributed by atoms with Crippen molar-refractivity contribution in [3.8, 4) is 0 Å². The van der Waals surface area contributed by atoms with E-state index in [4.69, 9.17) is 52.1 Å². The van der Waals surface area contributed by atoms with Crippen molar-refractivity contribution in [1.29, 1.82) is 0 Å². The van der Waals surface area contributed by atoms with E-state index < -0.39 is 177 Å². The monoisotopic (exact) mass is 1330 g/mol. The molecule has 9 N–H and O–H groups in total. The van der Waals surface area contributed by atoms with Crippen LogP contribution in [-0.2, 0) is 76.1 Å². The molecular formula is C66H103NO26. The van der Waals surface area contributed by atoms with Crippen LogP contribution in [-0.4, -0.2) is 257 Å². The number of ketones is 3. The number of Topliss-reactive ketones (excluding diaryl/α,β-unsaturated/α-hetero) is 3. The number of carbonyl (C=O) groups is 6. The maximum atomic E-state index is 14.7. The molecule has 1 aliphatic carbocycles. The first kappa shape index (κ1) is 77.5. The fraction of sp³-hybridized carbons (Fsp3) is 0.788. The van der Waals surface area contributed by atoms with Gasteiger partial charge in [-0.05, 0) is 107 Å². The molecule has 4 saturated heterocycles. The van der Waals surface area contributed by atoms with Gasteiger partial charge in [0.1, 0.15) is 79.5 Å². The van der Waals surface area contributed by atoms with Gasteiger partial charge in [0.2, 0.25) is 11.6 Å². The van der Waals surface area contributed by atoms with E-state index in [1.165, 1.54) is 14.2 Å². The van der Waals surface area contributed by atoms with Crippen LogP contribution in [0.2, 0.25) is 0 Å². The minimum Gasteiger partial charge on any atom is -0.460 e. The van der Waals surface area contributed by atoms with Crippen LogP contribution in [0.3, 0.4) is 0 Å². The minimum absolute atomic E-state index is 0.0126. The lowest BCUT2D eigenvalue weighted by Crippen LogP contribution is -2.61. The van der Waals surface area contributed by atoms with Crippen molar-refractivity contribution >= 4 is 35.4 Å². The van der Waals surface area contributed by atoms with E-state index in [-0.39, 0.29) is 62.4 Å². The van der Waals surface area contributed by atoms with E-state index >= 15 is 0 Å². The second kappa shape index (κ2) is 35.7. The number of carbonyl (C=O) groups excluding carboxylic acids is 6. The van der Waals surface area contributed by atoms with Gasteiger partial charge in [-0.2, -0.15) is 0 Å². The maximum Gasteiger partial charge on any atom is 0.508 e. The van der Waals surface area contributed by atoms with Gasteiger partial charge in [-0.15, -0.1) is 0 Å². The lowest BCUT2D eigenvalue weighted by Gasteiger charge is -2.42. The van der Waals surface area contributed by atoms with E-state index in [1.807, 2.05) is 51.2 Å². The van der Waals surface area contributed by atoms with Gasteiger partial charge < -0.3 is 103 Å². The van der Waals surface area contributed by atoms with Crippen molar-refractivity contribution in [3.63, 3.8) is 0 Å². The standard InChI is InChI=1S/C66H103NO26/c1-35-16-12-11-13-17-36(2)47(83-8)30-43-21-19-41(7)66(82,92-43)60(77)61(78)67-23-15-14-18-44(67)62(79)90-48(31-45(69)37(3)27-40(6)53(71)58(85-10)52(70)39(5)26-35)38(4)28-42-20-22-46(49(29-42)84-9)86-24-25-87-64(80)89-34-65(81)59(76)55(73)51(93-65)33-88-63-57(75)56(74)54(72)50(32-68)91-63/h11-13,16-17,27,35,37-39,41-44,46-51,53-59,63,68,71-76,81-82H,14-15,18-26,28-34H2,1-10H3/b13-11+,16-12-,36-17+,40-27+/t35-,37-,38-,39-,41-,42?,43+,44?,46-,47+,48+,49-,50-,51-,53-,54-,55-,56+,57-,58+,59+,63?,65-,66-/m1/s1. The Hall–Kier alpha value is -4.50. The number of piperidine rings is 1. The Balaban J connectivity index is 1.11. The summed E-state index contributed by atoms with van der Waals surface area (Å²) < 4.78 is 62.1. The Morgan fingerprint density at radius 3 is 2.17 bits per heavy atom. The van der Waals surface area contributed by atoms with Crippen molar-refractivity contribution in [2.24, 2.45) is 35.5 Å². The number of methoxy groups -OCH3 is 3. The maximum absolute atomic E-state index is 14.7. The molecule has 27 heteroatoms. The van der Waals surface area contributed by atoms with E-state index in [1.54, 1.807) is 40.9 Å². The summed E-state index contributed by atoms with van der Waals surface area (Å²) in [7, 11) is 4.41. The summed E-state index contributed by atoms with van der Waals surface area (Å²) in [6.45, 7) is 9.59. The summed E-state index contributed by atoms with van der Waals surface area (Å²) in [6.07, 6.45) is -5.09. The molecule has 5 aliphatic heterocycles. The molecule has 6 rings (SSSR count). The first-order valence-electron chi connectivity index (χ1n) is 32.6. The lowest BCUT2D eigenvalue weighted by atomic mass is 9.78. The number of nitrogens with zero attached hydrogens (tertiary/aromatic N) is 1. The van der Waals surface area contributed by atoms with Gasteiger partial charge in [0.05, 0.1) is 44.2 Å². The Labute approximate surface area is 544 Å². The quantitative estimate of drug-likeness (QED) is 0.0462. The number of ether oxygens (including phenoxy) is 11. The van der Waals surface area contributed by atoms with Crippen molar-refractivity contribution in [2.45, 2.75) is 235 Å². The predicted molar refractivity (Wildman–Crippen MR) is 328 cm³/mol. The van der Waals surface area contributed by atoms with Gasteiger partial charge in [0.25, 0.3) is 11.7 Å². The third-order valence-electron chi connectivity index (χ3n) is 19.3. The lowest BCUT2D eigenvalue weighted by molar-refractivity contribution is -0.310. The highest BCUT2D eigenvalue weighted by atomic mass is 16.8. The predicted octanol–water partition coefficient (Wildman–Crippen LogP) is 1.98. The molecule has 0 radical (unpaired) electrons. The molecule has 27 nitrogen and oxygen atoms in total. The van der Waals surface area contributed by atoms with Gasteiger partial charge in [-0.1, -0.05) is 71.1 Å². The Morgan fingerprint density at radius 1 is 0.753 bits per heavy atom. The number of esters is 1. The van der Waals surface area contributed by atoms with Crippen molar-refractivity contribution < 1.29 is 127 Å². The molecule has 5 fully saturated rings. The summed E-state index contributed by atoms with van der Waals surface area (Å²) in [5.74, 6) is -11.6. The second-order valence-electron chi connectivity index (χ2n) is 26.3. The molecule has 0 aromatic heterocycles. The van der Waals surface area contributed by atoms with Crippen LogP contribution in [0, 0.1) is 35.5 Å². The minimum atomic E-state index is -2.64. The van der Waals surface area contributed by atoms with Crippen molar-refractivity contribution in [3.05, 3.63) is 47.6 Å². The van der Waals surface area contributed by atoms with Crippen LogP contribution >= 0.6 is 0 Å². The van der Waals surface area contributed by atoms with Gasteiger partial charge in [-0.3, -0.25) is 19.2 Å². The average Bonchev–Trinajstić information content (AvgIpc) is 1.60. The number of aliphatic hydroxyl groups is 9. The normalized spacial score (nSPS) is 41.6. The Morgan fingerprint density at radius 2 is 1.48 bits per heavy atom. The van der Waals surface area contributed by atoms with Gasteiger partial charge in [0.15, 0.2) is 18.7 Å². The fourth-order valence-electron chi connectivity index (χ4n) is 13.3. The highest BCUT2D eigenvalue weighted by molar-refractivity contribution is 6.39.